The van der Waals surface area contributed by atoms with Crippen molar-refractivity contribution in [1.29, 1.82) is 0 Å². The van der Waals surface area contributed by atoms with Gasteiger partial charge in [-0.2, -0.15) is 0 Å². The molecule has 1 aliphatic heterocycles. The van der Waals surface area contributed by atoms with Crippen LogP contribution in [0.15, 0.2) is 30.3 Å². The molecule has 1 amide bonds. The second-order valence-corrected chi connectivity index (χ2v) is 5.81. The number of aromatic nitrogens is 1. The third kappa shape index (κ3) is 5.26. The number of ether oxygens (including phenoxy) is 1. The molecule has 0 unspecified atom stereocenters. The van der Waals surface area contributed by atoms with Gasteiger partial charge in [-0.25, -0.2) is 4.79 Å². The van der Waals surface area contributed by atoms with Gasteiger partial charge in [0.2, 0.25) is 0 Å². The zero-order chi connectivity index (χ0) is 18.2. The summed E-state index contributed by atoms with van der Waals surface area (Å²) in [5, 5.41) is 4.18. The lowest BCUT2D eigenvalue weighted by Gasteiger charge is -2.26. The predicted octanol–water partition coefficient (Wildman–Crippen LogP) is 2.79. The van der Waals surface area contributed by atoms with E-state index in [9.17, 15) is 9.59 Å². The number of amides is 1. The summed E-state index contributed by atoms with van der Waals surface area (Å²) in [7, 11) is 0. The second kappa shape index (κ2) is 9.13. The minimum Gasteiger partial charge on any atom is -0.450 e. The minimum absolute atomic E-state index is 0.0701. The van der Waals surface area contributed by atoms with Crippen molar-refractivity contribution in [2.75, 3.05) is 32.8 Å². The fraction of sp³-hybridized carbons (Fsp3) is 0.421. The van der Waals surface area contributed by atoms with E-state index in [4.69, 9.17) is 4.74 Å². The standard InChI is InChI=1S/C12H11NO.C7H14N2O2/c1-8-11(9(2)14)7-10-5-3-4-6-12(10)13-8;1-2-11-7(10)9-5-3-8-4-6-9/h3-7H,1-2H3;8H,2-6H2,1H3. The van der Waals surface area contributed by atoms with Gasteiger partial charge in [-0.05, 0) is 32.9 Å². The fourth-order valence-corrected chi connectivity index (χ4v) is 2.63. The van der Waals surface area contributed by atoms with Crippen LogP contribution in [-0.4, -0.2) is 54.5 Å². The molecule has 6 nitrogen and oxygen atoms in total. The molecule has 1 N–H and O–H groups in total. The third-order valence-corrected chi connectivity index (χ3v) is 3.94. The first-order valence-corrected chi connectivity index (χ1v) is 8.52. The van der Waals surface area contributed by atoms with E-state index in [0.717, 1.165) is 42.8 Å². The van der Waals surface area contributed by atoms with Crippen molar-refractivity contribution < 1.29 is 14.3 Å². The molecular formula is C19H25N3O3. The number of hydrogen-bond donors (Lipinski definition) is 1. The average molecular weight is 343 g/mol. The van der Waals surface area contributed by atoms with Gasteiger partial charge in [0.15, 0.2) is 5.78 Å². The number of fused-ring (bicyclic) bond motifs is 1. The van der Waals surface area contributed by atoms with Gasteiger partial charge in [0.25, 0.3) is 0 Å². The maximum Gasteiger partial charge on any atom is 0.409 e. The highest BCUT2D eigenvalue weighted by atomic mass is 16.6. The molecule has 134 valence electrons. The van der Waals surface area contributed by atoms with Crippen LogP contribution >= 0.6 is 0 Å². The van der Waals surface area contributed by atoms with Crippen molar-refractivity contribution >= 4 is 22.8 Å². The van der Waals surface area contributed by atoms with Crippen LogP contribution in [0.3, 0.4) is 0 Å². The van der Waals surface area contributed by atoms with Gasteiger partial charge in [-0.3, -0.25) is 9.78 Å². The van der Waals surface area contributed by atoms with Crippen molar-refractivity contribution in [1.82, 2.24) is 15.2 Å². The van der Waals surface area contributed by atoms with E-state index < -0.39 is 0 Å². The Morgan fingerprint density at radius 2 is 1.92 bits per heavy atom. The zero-order valence-electron chi connectivity index (χ0n) is 15.0. The minimum atomic E-state index is -0.186. The summed E-state index contributed by atoms with van der Waals surface area (Å²) in [4.78, 5) is 28.4. The monoisotopic (exact) mass is 343 g/mol. The maximum absolute atomic E-state index is 11.3. The molecule has 0 aliphatic carbocycles. The topological polar surface area (TPSA) is 71.5 Å². The fourth-order valence-electron chi connectivity index (χ4n) is 2.63. The number of nitrogens with one attached hydrogen (secondary N) is 1. The predicted molar refractivity (Wildman–Crippen MR) is 97.9 cm³/mol. The Bertz CT molecular complexity index is 740. The number of carbonyl (C=O) groups is 2. The summed E-state index contributed by atoms with van der Waals surface area (Å²) in [5.41, 5.74) is 2.45. The molecule has 0 radical (unpaired) electrons. The molecule has 0 bridgehead atoms. The van der Waals surface area contributed by atoms with Crippen molar-refractivity contribution in [3.63, 3.8) is 0 Å². The van der Waals surface area contributed by atoms with Gasteiger partial charge in [-0.1, -0.05) is 18.2 Å². The van der Waals surface area contributed by atoms with Gasteiger partial charge in [-0.15, -0.1) is 0 Å². The van der Waals surface area contributed by atoms with Crippen LogP contribution in [0.1, 0.15) is 29.9 Å². The van der Waals surface area contributed by atoms with Crippen LogP contribution in [0, 0.1) is 6.92 Å². The molecule has 1 fully saturated rings. The quantitative estimate of drug-likeness (QED) is 0.849. The Labute approximate surface area is 148 Å². The Morgan fingerprint density at radius 3 is 2.56 bits per heavy atom. The molecule has 1 aromatic carbocycles. The van der Waals surface area contributed by atoms with Crippen LogP contribution in [0.5, 0.6) is 0 Å². The van der Waals surface area contributed by atoms with Crippen LogP contribution in [0.4, 0.5) is 4.79 Å². The Hall–Kier alpha value is -2.47. The molecule has 2 aromatic rings. The van der Waals surface area contributed by atoms with Gasteiger partial charge in [0.05, 0.1) is 12.1 Å². The van der Waals surface area contributed by atoms with Crippen molar-refractivity contribution in [3.05, 3.63) is 41.6 Å². The average Bonchev–Trinajstić information content (AvgIpc) is 2.62. The number of benzene rings is 1. The Morgan fingerprint density at radius 1 is 1.24 bits per heavy atom. The van der Waals surface area contributed by atoms with Gasteiger partial charge < -0.3 is 15.0 Å². The van der Waals surface area contributed by atoms with E-state index in [1.165, 1.54) is 0 Å². The Kier molecular flexibility index (Phi) is 6.89. The van der Waals surface area contributed by atoms with Crippen molar-refractivity contribution in [2.45, 2.75) is 20.8 Å². The first-order valence-electron chi connectivity index (χ1n) is 8.52. The van der Waals surface area contributed by atoms with E-state index in [1.807, 2.05) is 44.2 Å². The lowest BCUT2D eigenvalue weighted by molar-refractivity contribution is 0.101. The summed E-state index contributed by atoms with van der Waals surface area (Å²) < 4.78 is 4.84. The molecule has 1 aromatic heterocycles. The number of rotatable bonds is 2. The maximum atomic E-state index is 11.3. The second-order valence-electron chi connectivity index (χ2n) is 5.81. The first kappa shape index (κ1) is 18.9. The largest absolute Gasteiger partial charge is 0.450 e. The SMILES string of the molecule is CC(=O)c1cc2ccccc2nc1C.CCOC(=O)N1CCNCC1. The van der Waals surface area contributed by atoms with E-state index in [1.54, 1.807) is 11.8 Å². The van der Waals surface area contributed by atoms with Crippen LogP contribution in [0.25, 0.3) is 10.9 Å². The highest BCUT2D eigenvalue weighted by Gasteiger charge is 2.16. The van der Waals surface area contributed by atoms with Crippen molar-refractivity contribution in [3.8, 4) is 0 Å². The summed E-state index contributed by atoms with van der Waals surface area (Å²) in [6.45, 7) is 8.99. The molecular weight excluding hydrogens is 318 g/mol. The number of piperazine rings is 1. The summed E-state index contributed by atoms with van der Waals surface area (Å²) in [6.07, 6.45) is -0.186. The van der Waals surface area contributed by atoms with Gasteiger partial charge in [0, 0.05) is 42.8 Å². The number of ketones is 1. The molecule has 0 spiro atoms. The number of carbonyl (C=O) groups excluding carboxylic acids is 2. The summed E-state index contributed by atoms with van der Waals surface area (Å²) in [6, 6.07) is 9.71. The number of pyridine rings is 1. The van der Waals surface area contributed by atoms with Gasteiger partial charge in [0.1, 0.15) is 0 Å². The van der Waals surface area contributed by atoms with Crippen molar-refractivity contribution in [2.24, 2.45) is 0 Å². The van der Waals surface area contributed by atoms with Crippen LogP contribution in [-0.2, 0) is 4.74 Å². The Balaban J connectivity index is 0.000000186. The van der Waals surface area contributed by atoms with Crippen LogP contribution < -0.4 is 5.32 Å². The molecule has 1 saturated heterocycles. The lowest BCUT2D eigenvalue weighted by Crippen LogP contribution is -2.46. The zero-order valence-corrected chi connectivity index (χ0v) is 15.0. The molecule has 3 rings (SSSR count). The number of hydrogen-bond acceptors (Lipinski definition) is 5. The molecule has 0 saturated carbocycles. The highest BCUT2D eigenvalue weighted by Crippen LogP contribution is 2.16. The molecule has 6 heteroatoms. The number of nitrogens with zero attached hydrogens (tertiary/aromatic N) is 2. The highest BCUT2D eigenvalue weighted by molar-refractivity contribution is 5.98. The van der Waals surface area contributed by atoms with E-state index in [0.29, 0.717) is 12.2 Å². The molecule has 2 heterocycles. The number of para-hydroxylation sites is 1. The lowest BCUT2D eigenvalue weighted by atomic mass is 10.1. The number of aryl methyl sites for hydroxylation is 1. The summed E-state index contributed by atoms with van der Waals surface area (Å²) >= 11 is 0. The first-order chi connectivity index (χ1) is 12.0. The van der Waals surface area contributed by atoms with Gasteiger partial charge >= 0.3 is 6.09 Å². The smallest absolute Gasteiger partial charge is 0.409 e. The van der Waals surface area contributed by atoms with Crippen LogP contribution in [0.2, 0.25) is 0 Å². The molecule has 1 aliphatic rings. The molecule has 25 heavy (non-hydrogen) atoms. The third-order valence-electron chi connectivity index (χ3n) is 3.94. The summed E-state index contributed by atoms with van der Waals surface area (Å²) in [5.74, 6) is 0.0701. The van der Waals surface area contributed by atoms with E-state index in [-0.39, 0.29) is 11.9 Å². The van der Waals surface area contributed by atoms with E-state index in [2.05, 4.69) is 10.3 Å². The normalized spacial score (nSPS) is 13.8. The molecule has 0 atom stereocenters. The van der Waals surface area contributed by atoms with E-state index >= 15 is 0 Å². The number of Topliss-reactive ketones (excluding diaryl/α,β-unsaturated/α-hetero) is 1.